The van der Waals surface area contributed by atoms with Crippen molar-refractivity contribution in [2.75, 3.05) is 6.61 Å². The maximum Gasteiger partial charge on any atom is 0.161 e. The van der Waals surface area contributed by atoms with Crippen LogP contribution in [0.3, 0.4) is 0 Å². The molecule has 1 aromatic carbocycles. The molecule has 2 aromatic rings. The van der Waals surface area contributed by atoms with Crippen LogP contribution < -0.4 is 4.74 Å². The quantitative estimate of drug-likeness (QED) is 0.797. The molecule has 78 valence electrons. The molecule has 0 aliphatic heterocycles. The van der Waals surface area contributed by atoms with Crippen LogP contribution >= 0.6 is 0 Å². The molecule has 1 aromatic heterocycles. The fraction of sp³-hybridized carbons (Fsp3) is 0.200. The first-order chi connectivity index (χ1) is 7.31. The Balaban J connectivity index is 2.38. The van der Waals surface area contributed by atoms with E-state index in [0.717, 1.165) is 5.56 Å². The second-order valence-electron chi connectivity index (χ2n) is 2.95. The number of phenols is 1. The van der Waals surface area contributed by atoms with Crippen LogP contribution in [-0.2, 0) is 0 Å². The van der Waals surface area contributed by atoms with Crippen LogP contribution in [0, 0.1) is 0 Å². The highest BCUT2D eigenvalue weighted by atomic mass is 16.5. The molecule has 1 heterocycles. The number of rotatable bonds is 3. The second kappa shape index (κ2) is 4.00. The average molecular weight is 205 g/mol. The highest BCUT2D eigenvalue weighted by molar-refractivity contribution is 5.60. The predicted octanol–water partition coefficient (Wildman–Crippen LogP) is 1.58. The number of hydrogen-bond donors (Lipinski definition) is 2. The number of hydrogen-bond acceptors (Lipinski definition) is 4. The lowest BCUT2D eigenvalue weighted by molar-refractivity contribution is 0.318. The summed E-state index contributed by atoms with van der Waals surface area (Å²) in [5, 5.41) is 16.0. The molecule has 0 spiro atoms. The number of aromatic hydroxyl groups is 1. The van der Waals surface area contributed by atoms with Crippen LogP contribution in [0.15, 0.2) is 24.5 Å². The first kappa shape index (κ1) is 9.51. The maximum atomic E-state index is 9.49. The monoisotopic (exact) mass is 205 g/mol. The van der Waals surface area contributed by atoms with Gasteiger partial charge in [0.2, 0.25) is 0 Å². The molecule has 5 heteroatoms. The summed E-state index contributed by atoms with van der Waals surface area (Å²) in [6.07, 6.45) is 1.43. The van der Waals surface area contributed by atoms with Crippen LogP contribution in [0.4, 0.5) is 0 Å². The largest absolute Gasteiger partial charge is 0.504 e. The van der Waals surface area contributed by atoms with E-state index >= 15 is 0 Å². The van der Waals surface area contributed by atoms with E-state index in [2.05, 4.69) is 15.2 Å². The second-order valence-corrected chi connectivity index (χ2v) is 2.95. The normalized spacial score (nSPS) is 10.2. The van der Waals surface area contributed by atoms with Crippen molar-refractivity contribution in [1.29, 1.82) is 0 Å². The number of aromatic nitrogens is 3. The Morgan fingerprint density at radius 2 is 2.33 bits per heavy atom. The molecule has 5 nitrogen and oxygen atoms in total. The van der Waals surface area contributed by atoms with Crippen molar-refractivity contribution in [3.63, 3.8) is 0 Å². The van der Waals surface area contributed by atoms with Gasteiger partial charge in [-0.25, -0.2) is 4.98 Å². The van der Waals surface area contributed by atoms with Gasteiger partial charge >= 0.3 is 0 Å². The molecule has 15 heavy (non-hydrogen) atoms. The molecule has 0 aliphatic rings. The van der Waals surface area contributed by atoms with Gasteiger partial charge in [0, 0.05) is 5.56 Å². The van der Waals surface area contributed by atoms with E-state index in [1.807, 2.05) is 6.92 Å². The topological polar surface area (TPSA) is 71.0 Å². The van der Waals surface area contributed by atoms with E-state index in [1.54, 1.807) is 18.2 Å². The SMILES string of the molecule is CCOc1cc(-c2ncn[nH]2)ccc1O. The summed E-state index contributed by atoms with van der Waals surface area (Å²) in [5.41, 5.74) is 0.828. The molecule has 0 radical (unpaired) electrons. The summed E-state index contributed by atoms with van der Waals surface area (Å²) in [6, 6.07) is 5.04. The number of benzene rings is 1. The third kappa shape index (κ3) is 1.90. The zero-order valence-electron chi connectivity index (χ0n) is 8.27. The van der Waals surface area contributed by atoms with Crippen LogP contribution in [0.5, 0.6) is 11.5 Å². The molecule has 0 unspecified atom stereocenters. The first-order valence-electron chi connectivity index (χ1n) is 4.63. The fourth-order valence-corrected chi connectivity index (χ4v) is 1.28. The van der Waals surface area contributed by atoms with Gasteiger partial charge in [0.15, 0.2) is 17.3 Å². The van der Waals surface area contributed by atoms with Crippen molar-refractivity contribution in [3.05, 3.63) is 24.5 Å². The van der Waals surface area contributed by atoms with Crippen molar-refractivity contribution in [1.82, 2.24) is 15.2 Å². The molecule has 0 saturated carbocycles. The molecule has 0 atom stereocenters. The molecular weight excluding hydrogens is 194 g/mol. The van der Waals surface area contributed by atoms with Crippen molar-refractivity contribution in [2.24, 2.45) is 0 Å². The maximum absolute atomic E-state index is 9.49. The third-order valence-corrected chi connectivity index (χ3v) is 1.95. The molecule has 0 amide bonds. The smallest absolute Gasteiger partial charge is 0.161 e. The van der Waals surface area contributed by atoms with Gasteiger partial charge in [-0.2, -0.15) is 5.10 Å². The zero-order chi connectivity index (χ0) is 10.7. The number of nitrogens with one attached hydrogen (secondary N) is 1. The Morgan fingerprint density at radius 3 is 3.00 bits per heavy atom. The Kier molecular flexibility index (Phi) is 2.53. The highest BCUT2D eigenvalue weighted by Gasteiger charge is 2.06. The number of H-pyrrole nitrogens is 1. The van der Waals surface area contributed by atoms with Gasteiger partial charge in [-0.3, -0.25) is 5.10 Å². The van der Waals surface area contributed by atoms with E-state index < -0.39 is 0 Å². The van der Waals surface area contributed by atoms with Crippen LogP contribution in [0.1, 0.15) is 6.92 Å². The molecule has 0 aliphatic carbocycles. The van der Waals surface area contributed by atoms with E-state index in [1.165, 1.54) is 6.33 Å². The van der Waals surface area contributed by atoms with Crippen LogP contribution in [0.2, 0.25) is 0 Å². The summed E-state index contributed by atoms with van der Waals surface area (Å²) in [7, 11) is 0. The lowest BCUT2D eigenvalue weighted by Gasteiger charge is -2.06. The summed E-state index contributed by atoms with van der Waals surface area (Å²) in [5.74, 6) is 1.22. The minimum Gasteiger partial charge on any atom is -0.504 e. The van der Waals surface area contributed by atoms with Gasteiger partial charge in [0.1, 0.15) is 6.33 Å². The Labute approximate surface area is 86.7 Å². The fourth-order valence-electron chi connectivity index (χ4n) is 1.28. The Hall–Kier alpha value is -2.04. The van der Waals surface area contributed by atoms with Gasteiger partial charge in [-0.05, 0) is 25.1 Å². The lowest BCUT2D eigenvalue weighted by Crippen LogP contribution is -1.92. The van der Waals surface area contributed by atoms with Crippen molar-refractivity contribution >= 4 is 0 Å². The van der Waals surface area contributed by atoms with Gasteiger partial charge in [0.05, 0.1) is 6.61 Å². The van der Waals surface area contributed by atoms with Crippen LogP contribution in [-0.4, -0.2) is 26.9 Å². The minimum absolute atomic E-state index is 0.125. The third-order valence-electron chi connectivity index (χ3n) is 1.95. The van der Waals surface area contributed by atoms with Crippen LogP contribution in [0.25, 0.3) is 11.4 Å². The van der Waals surface area contributed by atoms with Gasteiger partial charge in [-0.1, -0.05) is 0 Å². The van der Waals surface area contributed by atoms with E-state index in [4.69, 9.17) is 4.74 Å². The summed E-state index contributed by atoms with van der Waals surface area (Å²) >= 11 is 0. The summed E-state index contributed by atoms with van der Waals surface area (Å²) in [4.78, 5) is 4.01. The van der Waals surface area contributed by atoms with Gasteiger partial charge in [-0.15, -0.1) is 0 Å². The first-order valence-corrected chi connectivity index (χ1v) is 4.63. The standard InChI is InChI=1S/C10H11N3O2/c1-2-15-9-5-7(3-4-8(9)14)10-11-6-12-13-10/h3-6,14H,2H2,1H3,(H,11,12,13). The highest BCUT2D eigenvalue weighted by Crippen LogP contribution is 2.29. The van der Waals surface area contributed by atoms with E-state index in [-0.39, 0.29) is 5.75 Å². The van der Waals surface area contributed by atoms with Crippen molar-refractivity contribution in [2.45, 2.75) is 6.92 Å². The van der Waals surface area contributed by atoms with E-state index in [0.29, 0.717) is 18.2 Å². The molecule has 2 rings (SSSR count). The van der Waals surface area contributed by atoms with Gasteiger partial charge in [0.25, 0.3) is 0 Å². The summed E-state index contributed by atoms with van der Waals surface area (Å²) < 4.78 is 5.26. The van der Waals surface area contributed by atoms with Crippen molar-refractivity contribution < 1.29 is 9.84 Å². The molecule has 0 bridgehead atoms. The van der Waals surface area contributed by atoms with Crippen molar-refractivity contribution in [3.8, 4) is 22.9 Å². The Morgan fingerprint density at radius 1 is 1.47 bits per heavy atom. The molecule has 0 fully saturated rings. The molecule has 2 N–H and O–H groups in total. The predicted molar refractivity (Wildman–Crippen MR) is 54.7 cm³/mol. The average Bonchev–Trinajstić information content (AvgIpc) is 2.75. The van der Waals surface area contributed by atoms with Gasteiger partial charge < -0.3 is 9.84 Å². The zero-order valence-corrected chi connectivity index (χ0v) is 8.27. The molecule has 0 saturated heterocycles. The number of aromatic amines is 1. The van der Waals surface area contributed by atoms with E-state index in [9.17, 15) is 5.11 Å². The minimum atomic E-state index is 0.125. The Bertz CT molecular complexity index is 440. The number of phenolic OH excluding ortho intramolecular Hbond substituents is 1. The number of ether oxygens (including phenoxy) is 1. The summed E-state index contributed by atoms with van der Waals surface area (Å²) in [6.45, 7) is 2.37. The number of nitrogens with zero attached hydrogens (tertiary/aromatic N) is 2. The lowest BCUT2D eigenvalue weighted by atomic mass is 10.2. The molecular formula is C10H11N3O2.